The van der Waals surface area contributed by atoms with Crippen LogP contribution in [0.3, 0.4) is 0 Å². The molecule has 0 saturated carbocycles. The summed E-state index contributed by atoms with van der Waals surface area (Å²) in [6, 6.07) is 5.51. The van der Waals surface area contributed by atoms with Crippen molar-refractivity contribution in [2.24, 2.45) is 5.92 Å². The van der Waals surface area contributed by atoms with Crippen LogP contribution in [-0.4, -0.2) is 30.8 Å². The average molecular weight is 287 g/mol. The van der Waals surface area contributed by atoms with E-state index in [1.165, 1.54) is 24.3 Å². The Balaban J connectivity index is 2.51. The topological polar surface area (TPSA) is 58.6 Å². The van der Waals surface area contributed by atoms with Gasteiger partial charge in [0.1, 0.15) is 5.75 Å². The molecule has 0 radical (unpaired) electrons. The van der Waals surface area contributed by atoms with Gasteiger partial charge in [-0.3, -0.25) is 4.79 Å². The zero-order valence-electron chi connectivity index (χ0n) is 11.3. The summed E-state index contributed by atoms with van der Waals surface area (Å²) < 4.78 is 28.2. The maximum atomic E-state index is 12.0. The second kappa shape index (κ2) is 8.47. The highest BCUT2D eigenvalue weighted by atomic mass is 19.3. The van der Waals surface area contributed by atoms with Crippen LogP contribution in [0.2, 0.25) is 0 Å². The molecular formula is C14H19F2NO3. The number of aliphatic hydroxyl groups excluding tert-OH is 1. The highest BCUT2D eigenvalue weighted by Gasteiger charge is 2.10. The Morgan fingerprint density at radius 2 is 2.00 bits per heavy atom. The molecule has 0 spiro atoms. The second-order valence-corrected chi connectivity index (χ2v) is 4.40. The molecule has 1 rings (SSSR count). The van der Waals surface area contributed by atoms with Crippen molar-refractivity contribution in [2.75, 3.05) is 13.2 Å². The van der Waals surface area contributed by atoms with E-state index in [1.807, 2.05) is 6.92 Å². The molecule has 0 aromatic heterocycles. The summed E-state index contributed by atoms with van der Waals surface area (Å²) in [6.07, 6.45) is 1.50. The molecule has 0 aliphatic heterocycles. The van der Waals surface area contributed by atoms with E-state index in [-0.39, 0.29) is 24.2 Å². The molecule has 0 aliphatic rings. The Morgan fingerprint density at radius 3 is 2.50 bits per heavy atom. The number of aliphatic hydroxyl groups is 1. The number of alkyl halides is 2. The first-order valence-electron chi connectivity index (χ1n) is 6.50. The fourth-order valence-corrected chi connectivity index (χ4v) is 1.76. The number of benzene rings is 1. The maximum absolute atomic E-state index is 12.0. The lowest BCUT2D eigenvalue weighted by Gasteiger charge is -2.14. The molecule has 112 valence electrons. The molecule has 1 amide bonds. The molecule has 6 heteroatoms. The van der Waals surface area contributed by atoms with E-state index in [0.717, 1.165) is 6.42 Å². The van der Waals surface area contributed by atoms with Crippen molar-refractivity contribution < 1.29 is 23.4 Å². The maximum Gasteiger partial charge on any atom is 0.387 e. The van der Waals surface area contributed by atoms with Gasteiger partial charge in [-0.2, -0.15) is 8.78 Å². The minimum atomic E-state index is -2.88. The van der Waals surface area contributed by atoms with Gasteiger partial charge in [0.15, 0.2) is 0 Å². The molecule has 1 aromatic carbocycles. The first kappa shape index (κ1) is 16.4. The number of carbonyl (C=O) groups excluding carboxylic acids is 1. The lowest BCUT2D eigenvalue weighted by molar-refractivity contribution is -0.0498. The van der Waals surface area contributed by atoms with Gasteiger partial charge in [0.05, 0.1) is 0 Å². The number of nitrogens with one attached hydrogen (secondary N) is 1. The van der Waals surface area contributed by atoms with Gasteiger partial charge < -0.3 is 15.2 Å². The lowest BCUT2D eigenvalue weighted by Crippen LogP contribution is -2.29. The van der Waals surface area contributed by atoms with E-state index in [2.05, 4.69) is 10.1 Å². The van der Waals surface area contributed by atoms with E-state index < -0.39 is 6.61 Å². The third kappa shape index (κ3) is 5.52. The van der Waals surface area contributed by atoms with Gasteiger partial charge in [0.25, 0.3) is 5.91 Å². The average Bonchev–Trinajstić information content (AvgIpc) is 2.43. The first-order valence-corrected chi connectivity index (χ1v) is 6.50. The van der Waals surface area contributed by atoms with Gasteiger partial charge in [0.2, 0.25) is 0 Å². The van der Waals surface area contributed by atoms with Crippen LogP contribution in [0.5, 0.6) is 5.75 Å². The summed E-state index contributed by atoms with van der Waals surface area (Å²) in [4.78, 5) is 11.8. The molecule has 4 nitrogen and oxygen atoms in total. The molecule has 2 N–H and O–H groups in total. The Morgan fingerprint density at radius 1 is 1.35 bits per heavy atom. The molecule has 1 aromatic rings. The van der Waals surface area contributed by atoms with Crippen molar-refractivity contribution in [1.82, 2.24) is 5.32 Å². The zero-order valence-corrected chi connectivity index (χ0v) is 11.3. The molecule has 0 aliphatic carbocycles. The number of carbonyl (C=O) groups is 1. The molecule has 1 atom stereocenters. The Bertz CT molecular complexity index is 409. The van der Waals surface area contributed by atoms with E-state index in [9.17, 15) is 13.6 Å². The van der Waals surface area contributed by atoms with Crippen molar-refractivity contribution in [1.29, 1.82) is 0 Å². The summed E-state index contributed by atoms with van der Waals surface area (Å²) in [5.74, 6) is -0.0290. The summed E-state index contributed by atoms with van der Waals surface area (Å²) >= 11 is 0. The van der Waals surface area contributed by atoms with Crippen LogP contribution < -0.4 is 10.1 Å². The molecule has 0 fully saturated rings. The van der Waals surface area contributed by atoms with Gasteiger partial charge in [-0.05, 0) is 36.6 Å². The van der Waals surface area contributed by atoms with E-state index >= 15 is 0 Å². The third-order valence-electron chi connectivity index (χ3n) is 3.01. The number of hydrogen-bond acceptors (Lipinski definition) is 3. The fourth-order valence-electron chi connectivity index (χ4n) is 1.76. The molecule has 0 heterocycles. The number of amides is 1. The molecule has 1 unspecified atom stereocenters. The van der Waals surface area contributed by atoms with E-state index in [1.54, 1.807) is 0 Å². The summed E-state index contributed by atoms with van der Waals surface area (Å²) in [5, 5.41) is 11.6. The van der Waals surface area contributed by atoms with Crippen LogP contribution >= 0.6 is 0 Å². The Kier molecular flexibility index (Phi) is 6.93. The van der Waals surface area contributed by atoms with Gasteiger partial charge in [-0.1, -0.05) is 13.3 Å². The minimum absolute atomic E-state index is 0.0169. The number of halogens is 2. The van der Waals surface area contributed by atoms with Crippen molar-refractivity contribution in [3.8, 4) is 5.75 Å². The molecule has 0 bridgehead atoms. The quantitative estimate of drug-likeness (QED) is 0.772. The standard InChI is InChI=1S/C14H19F2NO3/c1-2-10(7-8-18)9-17-13(19)11-3-5-12(6-4-11)20-14(15)16/h3-6,10,14,18H,2,7-9H2,1H3,(H,17,19). The second-order valence-electron chi connectivity index (χ2n) is 4.40. The van der Waals surface area contributed by atoms with Crippen LogP contribution in [0.4, 0.5) is 8.78 Å². The summed E-state index contributed by atoms with van der Waals surface area (Å²) in [6.45, 7) is -0.319. The number of rotatable bonds is 8. The Hall–Kier alpha value is -1.69. The van der Waals surface area contributed by atoms with E-state index in [0.29, 0.717) is 18.5 Å². The lowest BCUT2D eigenvalue weighted by atomic mass is 10.0. The predicted molar refractivity (Wildman–Crippen MR) is 70.9 cm³/mol. The van der Waals surface area contributed by atoms with Crippen molar-refractivity contribution in [2.45, 2.75) is 26.4 Å². The van der Waals surface area contributed by atoms with Crippen LogP contribution in [0, 0.1) is 5.92 Å². The highest BCUT2D eigenvalue weighted by molar-refractivity contribution is 5.94. The SMILES string of the molecule is CCC(CCO)CNC(=O)c1ccc(OC(F)F)cc1. The molecule has 0 saturated heterocycles. The van der Waals surface area contributed by atoms with Crippen molar-refractivity contribution in [3.63, 3.8) is 0 Å². The summed E-state index contributed by atoms with van der Waals surface area (Å²) in [5.41, 5.74) is 0.380. The number of hydrogen-bond donors (Lipinski definition) is 2. The Labute approximate surface area is 116 Å². The third-order valence-corrected chi connectivity index (χ3v) is 3.01. The molecular weight excluding hydrogens is 268 g/mol. The first-order chi connectivity index (χ1) is 9.56. The van der Waals surface area contributed by atoms with Gasteiger partial charge in [-0.15, -0.1) is 0 Å². The number of ether oxygens (including phenoxy) is 1. The fraction of sp³-hybridized carbons (Fsp3) is 0.500. The van der Waals surface area contributed by atoms with Crippen LogP contribution in [0.15, 0.2) is 24.3 Å². The van der Waals surface area contributed by atoms with Gasteiger partial charge in [0, 0.05) is 18.7 Å². The largest absolute Gasteiger partial charge is 0.435 e. The zero-order chi connectivity index (χ0) is 15.0. The van der Waals surface area contributed by atoms with Gasteiger partial charge in [-0.25, -0.2) is 0 Å². The summed E-state index contributed by atoms with van der Waals surface area (Å²) in [7, 11) is 0. The van der Waals surface area contributed by atoms with Gasteiger partial charge >= 0.3 is 6.61 Å². The van der Waals surface area contributed by atoms with E-state index in [4.69, 9.17) is 5.11 Å². The predicted octanol–water partition coefficient (Wildman–Crippen LogP) is 2.43. The normalized spacial score (nSPS) is 12.2. The van der Waals surface area contributed by atoms with Crippen molar-refractivity contribution in [3.05, 3.63) is 29.8 Å². The van der Waals surface area contributed by atoms with Crippen LogP contribution in [0.1, 0.15) is 30.1 Å². The minimum Gasteiger partial charge on any atom is -0.435 e. The molecule has 20 heavy (non-hydrogen) atoms. The monoisotopic (exact) mass is 287 g/mol. The highest BCUT2D eigenvalue weighted by Crippen LogP contribution is 2.15. The van der Waals surface area contributed by atoms with Crippen LogP contribution in [-0.2, 0) is 0 Å². The smallest absolute Gasteiger partial charge is 0.387 e. The van der Waals surface area contributed by atoms with Crippen LogP contribution in [0.25, 0.3) is 0 Å². The van der Waals surface area contributed by atoms with Crippen molar-refractivity contribution >= 4 is 5.91 Å².